The number of aromatic hydroxyl groups is 1. The molecule has 20 heavy (non-hydrogen) atoms. The van der Waals surface area contributed by atoms with Crippen molar-refractivity contribution in [3.05, 3.63) is 50.7 Å². The minimum absolute atomic E-state index is 0.0258. The maximum absolute atomic E-state index is 12.1. The van der Waals surface area contributed by atoms with Gasteiger partial charge in [0.1, 0.15) is 5.56 Å². The summed E-state index contributed by atoms with van der Waals surface area (Å²) in [5, 5.41) is 10.4. The van der Waals surface area contributed by atoms with Crippen molar-refractivity contribution in [2.45, 2.75) is 26.3 Å². The molecule has 1 heterocycles. The smallest absolute Gasteiger partial charge is 0.331 e. The number of nitrogens with zero attached hydrogens (tertiary/aromatic N) is 1. The maximum Gasteiger partial charge on any atom is 0.331 e. The normalized spacial score (nSPS) is 20.9. The second-order valence-electron chi connectivity index (χ2n) is 5.42. The Morgan fingerprint density at radius 2 is 1.95 bits per heavy atom. The molecule has 2 aromatic rings. The van der Waals surface area contributed by atoms with Crippen molar-refractivity contribution in [3.63, 3.8) is 0 Å². The summed E-state index contributed by atoms with van der Waals surface area (Å²) in [7, 11) is 0. The van der Waals surface area contributed by atoms with Gasteiger partial charge in [-0.3, -0.25) is 14.3 Å². The number of H-pyrrole nitrogens is 1. The molecule has 1 aliphatic rings. The zero-order valence-electron chi connectivity index (χ0n) is 11.4. The highest BCUT2D eigenvalue weighted by atomic mass is 16.3. The summed E-state index contributed by atoms with van der Waals surface area (Å²) in [5.74, 6) is 0.108. The van der Waals surface area contributed by atoms with E-state index in [0.717, 1.165) is 12.0 Å². The van der Waals surface area contributed by atoms with Crippen LogP contribution in [-0.4, -0.2) is 14.7 Å². The van der Waals surface area contributed by atoms with Crippen LogP contribution in [0.3, 0.4) is 0 Å². The van der Waals surface area contributed by atoms with Crippen molar-refractivity contribution in [1.29, 1.82) is 0 Å². The molecule has 5 heteroatoms. The van der Waals surface area contributed by atoms with E-state index < -0.39 is 11.2 Å². The van der Waals surface area contributed by atoms with Crippen LogP contribution in [0.1, 0.15) is 24.9 Å². The number of rotatable bonds is 2. The first kappa shape index (κ1) is 12.7. The molecule has 104 valence electrons. The fourth-order valence-corrected chi connectivity index (χ4v) is 2.60. The molecule has 0 aliphatic heterocycles. The second kappa shape index (κ2) is 4.37. The predicted octanol–water partition coefficient (Wildman–Crippen LogP) is 1.80. The van der Waals surface area contributed by atoms with Crippen LogP contribution in [0.5, 0.6) is 5.88 Å². The number of nitrogens with one attached hydrogen (secondary N) is 1. The number of hydrogen-bond acceptors (Lipinski definition) is 3. The summed E-state index contributed by atoms with van der Waals surface area (Å²) < 4.78 is 1.30. The molecule has 1 saturated carbocycles. The highest BCUT2D eigenvalue weighted by molar-refractivity contribution is 5.70. The quantitative estimate of drug-likeness (QED) is 0.875. The first-order valence-corrected chi connectivity index (χ1v) is 6.64. The largest absolute Gasteiger partial charge is 0.494 e. The molecule has 0 spiro atoms. The van der Waals surface area contributed by atoms with Crippen LogP contribution in [-0.2, 0) is 0 Å². The summed E-state index contributed by atoms with van der Waals surface area (Å²) in [5.41, 5.74) is 0.600. The molecule has 2 atom stereocenters. The van der Waals surface area contributed by atoms with Gasteiger partial charge in [-0.05, 0) is 30.4 Å². The van der Waals surface area contributed by atoms with Crippen molar-refractivity contribution in [2.75, 3.05) is 0 Å². The monoisotopic (exact) mass is 272 g/mol. The summed E-state index contributed by atoms with van der Waals surface area (Å²) in [4.78, 5) is 26.3. The topological polar surface area (TPSA) is 75.1 Å². The summed E-state index contributed by atoms with van der Waals surface area (Å²) in [6.07, 6.45) is 0.840. The summed E-state index contributed by atoms with van der Waals surface area (Å²) in [6.45, 7) is 3.87. The van der Waals surface area contributed by atoms with Crippen LogP contribution in [0, 0.1) is 12.8 Å². The van der Waals surface area contributed by atoms with Gasteiger partial charge in [0.25, 0.3) is 5.56 Å². The molecule has 1 aliphatic carbocycles. The van der Waals surface area contributed by atoms with Crippen molar-refractivity contribution in [2.24, 2.45) is 5.92 Å². The van der Waals surface area contributed by atoms with E-state index in [-0.39, 0.29) is 17.5 Å². The molecule has 2 N–H and O–H groups in total. The molecular formula is C15H16N2O3. The van der Waals surface area contributed by atoms with Crippen molar-refractivity contribution in [1.82, 2.24) is 9.55 Å². The Balaban J connectivity index is 2.30. The first-order chi connectivity index (χ1) is 9.50. The average molecular weight is 272 g/mol. The minimum Gasteiger partial charge on any atom is -0.494 e. The third-order valence-corrected chi connectivity index (χ3v) is 3.93. The van der Waals surface area contributed by atoms with E-state index >= 15 is 0 Å². The van der Waals surface area contributed by atoms with E-state index in [1.54, 1.807) is 12.1 Å². The number of aromatic nitrogens is 2. The molecule has 0 saturated heterocycles. The Labute approximate surface area is 115 Å². The lowest BCUT2D eigenvalue weighted by Gasteiger charge is -2.12. The van der Waals surface area contributed by atoms with E-state index in [1.165, 1.54) is 4.57 Å². The molecule has 0 amide bonds. The Kier molecular flexibility index (Phi) is 2.78. The SMILES string of the molecule is Cc1ccccc1-c1c(O)n(C2CC2C)c(=O)[nH]c1=O. The molecule has 5 nitrogen and oxygen atoms in total. The van der Waals surface area contributed by atoms with Gasteiger partial charge in [-0.2, -0.15) is 0 Å². The van der Waals surface area contributed by atoms with E-state index in [0.29, 0.717) is 11.5 Å². The van der Waals surface area contributed by atoms with Gasteiger partial charge in [0.15, 0.2) is 0 Å². The Hall–Kier alpha value is -2.30. The third-order valence-electron chi connectivity index (χ3n) is 3.93. The molecule has 2 unspecified atom stereocenters. The standard InChI is InChI=1S/C15H16N2O3/c1-8-5-3-4-6-10(8)12-13(18)16-15(20)17(14(12)19)11-7-9(11)2/h3-6,9,11,19H,7H2,1-2H3,(H,16,18,20). The summed E-state index contributed by atoms with van der Waals surface area (Å²) in [6, 6.07) is 7.27. The Bertz CT molecular complexity index is 788. The van der Waals surface area contributed by atoms with Gasteiger partial charge in [-0.1, -0.05) is 31.2 Å². The van der Waals surface area contributed by atoms with E-state index in [1.807, 2.05) is 26.0 Å². The maximum atomic E-state index is 12.1. The second-order valence-corrected chi connectivity index (χ2v) is 5.42. The van der Waals surface area contributed by atoms with Crippen LogP contribution in [0.25, 0.3) is 11.1 Å². The minimum atomic E-state index is -0.550. The molecule has 0 bridgehead atoms. The number of aryl methyl sites for hydroxylation is 1. The molecule has 1 aromatic carbocycles. The van der Waals surface area contributed by atoms with Crippen LogP contribution in [0.4, 0.5) is 0 Å². The lowest BCUT2D eigenvalue weighted by atomic mass is 10.0. The molecule has 0 radical (unpaired) electrons. The fourth-order valence-electron chi connectivity index (χ4n) is 2.60. The van der Waals surface area contributed by atoms with Crippen LogP contribution in [0.2, 0.25) is 0 Å². The number of benzene rings is 1. The van der Waals surface area contributed by atoms with E-state index in [2.05, 4.69) is 4.98 Å². The van der Waals surface area contributed by atoms with Gasteiger partial charge in [0.05, 0.1) is 0 Å². The highest BCUT2D eigenvalue weighted by Crippen LogP contribution is 2.44. The third kappa shape index (κ3) is 1.86. The van der Waals surface area contributed by atoms with Gasteiger partial charge < -0.3 is 5.11 Å². The average Bonchev–Trinajstić information content (AvgIpc) is 3.08. The van der Waals surface area contributed by atoms with Gasteiger partial charge in [-0.25, -0.2) is 4.79 Å². The molecule has 1 fully saturated rings. The summed E-state index contributed by atoms with van der Waals surface area (Å²) >= 11 is 0. The van der Waals surface area contributed by atoms with Crippen LogP contribution in [0.15, 0.2) is 33.9 Å². The Morgan fingerprint density at radius 1 is 1.30 bits per heavy atom. The Morgan fingerprint density at radius 3 is 2.55 bits per heavy atom. The van der Waals surface area contributed by atoms with E-state index in [9.17, 15) is 14.7 Å². The van der Waals surface area contributed by atoms with Gasteiger partial charge in [0.2, 0.25) is 5.88 Å². The molecule has 3 rings (SSSR count). The number of hydrogen-bond donors (Lipinski definition) is 2. The van der Waals surface area contributed by atoms with Crippen LogP contribution >= 0.6 is 0 Å². The fraction of sp³-hybridized carbons (Fsp3) is 0.333. The molecule has 1 aromatic heterocycles. The lowest BCUT2D eigenvalue weighted by Crippen LogP contribution is -2.31. The van der Waals surface area contributed by atoms with Gasteiger partial charge >= 0.3 is 5.69 Å². The van der Waals surface area contributed by atoms with E-state index in [4.69, 9.17) is 0 Å². The van der Waals surface area contributed by atoms with Crippen molar-refractivity contribution < 1.29 is 5.11 Å². The van der Waals surface area contributed by atoms with Gasteiger partial charge in [-0.15, -0.1) is 0 Å². The highest BCUT2D eigenvalue weighted by Gasteiger charge is 2.38. The predicted molar refractivity (Wildman–Crippen MR) is 76.0 cm³/mol. The number of aromatic amines is 1. The van der Waals surface area contributed by atoms with Crippen LogP contribution < -0.4 is 11.2 Å². The zero-order valence-corrected chi connectivity index (χ0v) is 11.4. The zero-order chi connectivity index (χ0) is 14.4. The first-order valence-electron chi connectivity index (χ1n) is 6.64. The van der Waals surface area contributed by atoms with Gasteiger partial charge in [0, 0.05) is 6.04 Å². The molecular weight excluding hydrogens is 256 g/mol. The van der Waals surface area contributed by atoms with Crippen molar-refractivity contribution >= 4 is 0 Å². The van der Waals surface area contributed by atoms with Crippen molar-refractivity contribution in [3.8, 4) is 17.0 Å². The lowest BCUT2D eigenvalue weighted by molar-refractivity contribution is 0.400.